The first kappa shape index (κ1) is 64.6. The van der Waals surface area contributed by atoms with Crippen molar-refractivity contribution in [2.75, 3.05) is 13.2 Å². The van der Waals surface area contributed by atoms with Gasteiger partial charge in [-0.05, 0) is 89.9 Å². The highest BCUT2D eigenvalue weighted by Gasteiger charge is 2.19. The van der Waals surface area contributed by atoms with Crippen LogP contribution >= 0.6 is 0 Å². The lowest BCUT2D eigenvalue weighted by Gasteiger charge is -2.18. The van der Waals surface area contributed by atoms with Gasteiger partial charge in [0.15, 0.2) is 6.10 Å². The maximum absolute atomic E-state index is 12.8. The SMILES string of the molecule is CC/C=C\C/C=C\C/C=C\C/C=C\C/C=C\CCCCCCCCCCCC(=O)OCC(COC(=O)CCCCCCCCCCCCC)OC(=O)CCCCCCC/C=C\C/C=C\CCCC. The molecular weight excluding hydrogens is 841 g/mol. The molecule has 1 unspecified atom stereocenters. The second-order valence-electron chi connectivity index (χ2n) is 18.8. The predicted molar refractivity (Wildman–Crippen MR) is 293 cm³/mol. The monoisotopic (exact) mass is 947 g/mol. The minimum Gasteiger partial charge on any atom is -0.462 e. The van der Waals surface area contributed by atoms with Crippen LogP contribution in [0.4, 0.5) is 0 Å². The second kappa shape index (κ2) is 56.2. The van der Waals surface area contributed by atoms with Crippen molar-refractivity contribution in [1.29, 1.82) is 0 Å². The third kappa shape index (κ3) is 53.5. The molecule has 0 aromatic heterocycles. The Kier molecular flexibility index (Phi) is 53.4. The standard InChI is InChI=1S/C62H106O6/c1-4-7-10-13-16-19-22-24-26-27-28-29-30-31-32-33-34-35-36-38-40-43-46-49-52-55-61(64)67-58-59(57-66-60(63)54-51-48-45-42-39-21-18-15-12-9-6-3)68-62(65)56-53-50-47-44-41-37-25-23-20-17-14-11-8-5-2/h7,10,14,16-17,19,23-26,28-29,31-32,59H,4-6,8-9,11-13,15,18,20-22,27,30,33-58H2,1-3H3/b10-7-,17-14-,19-16-,25-23-,26-24-,29-28-,32-31-. The molecule has 0 aromatic carbocycles. The summed E-state index contributed by atoms with van der Waals surface area (Å²) in [7, 11) is 0. The zero-order chi connectivity index (χ0) is 49.3. The smallest absolute Gasteiger partial charge is 0.306 e. The third-order valence-electron chi connectivity index (χ3n) is 12.1. The molecule has 0 aliphatic heterocycles. The van der Waals surface area contributed by atoms with E-state index in [1.165, 1.54) is 109 Å². The molecule has 6 nitrogen and oxygen atoms in total. The molecule has 0 bridgehead atoms. The Morgan fingerprint density at radius 1 is 0.309 bits per heavy atom. The number of rotatable bonds is 51. The van der Waals surface area contributed by atoms with Gasteiger partial charge in [-0.15, -0.1) is 0 Å². The van der Waals surface area contributed by atoms with Gasteiger partial charge in [-0.2, -0.15) is 0 Å². The molecule has 6 heteroatoms. The van der Waals surface area contributed by atoms with Gasteiger partial charge in [0, 0.05) is 19.3 Å². The van der Waals surface area contributed by atoms with Crippen molar-refractivity contribution in [3.63, 3.8) is 0 Å². The van der Waals surface area contributed by atoms with Gasteiger partial charge in [-0.1, -0.05) is 247 Å². The summed E-state index contributed by atoms with van der Waals surface area (Å²) in [6, 6.07) is 0. The first-order valence-corrected chi connectivity index (χ1v) is 28.6. The van der Waals surface area contributed by atoms with Crippen molar-refractivity contribution in [2.24, 2.45) is 0 Å². The molecule has 390 valence electrons. The second-order valence-corrected chi connectivity index (χ2v) is 18.8. The van der Waals surface area contributed by atoms with Crippen molar-refractivity contribution in [2.45, 2.75) is 277 Å². The first-order chi connectivity index (χ1) is 33.5. The quantitative estimate of drug-likeness (QED) is 0.0262. The highest BCUT2D eigenvalue weighted by atomic mass is 16.6. The Labute approximate surface area is 420 Å². The molecule has 0 saturated carbocycles. The van der Waals surface area contributed by atoms with E-state index in [2.05, 4.69) is 106 Å². The molecule has 1 atom stereocenters. The Balaban J connectivity index is 4.29. The molecule has 0 aliphatic rings. The molecule has 0 saturated heterocycles. The molecule has 0 radical (unpaired) electrons. The third-order valence-corrected chi connectivity index (χ3v) is 12.1. The van der Waals surface area contributed by atoms with Gasteiger partial charge in [0.2, 0.25) is 0 Å². The fraction of sp³-hybridized carbons (Fsp3) is 0.726. The van der Waals surface area contributed by atoms with Crippen LogP contribution in [-0.2, 0) is 28.6 Å². The van der Waals surface area contributed by atoms with Crippen LogP contribution in [0, 0.1) is 0 Å². The van der Waals surface area contributed by atoms with E-state index in [0.29, 0.717) is 19.3 Å². The molecule has 0 fully saturated rings. The van der Waals surface area contributed by atoms with Crippen LogP contribution in [0.25, 0.3) is 0 Å². The minimum absolute atomic E-state index is 0.0820. The summed E-state index contributed by atoms with van der Waals surface area (Å²) in [6.45, 7) is 6.47. The predicted octanol–water partition coefficient (Wildman–Crippen LogP) is 19.2. The van der Waals surface area contributed by atoms with Crippen LogP contribution in [0.1, 0.15) is 271 Å². The molecule has 0 amide bonds. The van der Waals surface area contributed by atoms with Crippen molar-refractivity contribution >= 4 is 17.9 Å². The zero-order valence-electron chi connectivity index (χ0n) is 44.6. The Morgan fingerprint density at radius 2 is 0.588 bits per heavy atom. The van der Waals surface area contributed by atoms with E-state index < -0.39 is 6.10 Å². The van der Waals surface area contributed by atoms with Crippen LogP contribution in [0.15, 0.2) is 85.1 Å². The lowest BCUT2D eigenvalue weighted by molar-refractivity contribution is -0.167. The van der Waals surface area contributed by atoms with E-state index in [4.69, 9.17) is 14.2 Å². The number of allylic oxidation sites excluding steroid dienone is 14. The van der Waals surface area contributed by atoms with Crippen LogP contribution in [0.5, 0.6) is 0 Å². The Bertz CT molecular complexity index is 1320. The van der Waals surface area contributed by atoms with Crippen LogP contribution in [0.3, 0.4) is 0 Å². The van der Waals surface area contributed by atoms with E-state index in [1.807, 2.05) is 0 Å². The molecule has 0 rings (SSSR count). The number of esters is 3. The van der Waals surface area contributed by atoms with Crippen LogP contribution < -0.4 is 0 Å². The summed E-state index contributed by atoms with van der Waals surface area (Å²) in [5.41, 5.74) is 0. The average molecular weight is 948 g/mol. The van der Waals surface area contributed by atoms with Crippen molar-refractivity contribution in [1.82, 2.24) is 0 Å². The summed E-state index contributed by atoms with van der Waals surface area (Å²) in [5, 5.41) is 0. The molecule has 68 heavy (non-hydrogen) atoms. The molecule has 0 spiro atoms. The topological polar surface area (TPSA) is 78.9 Å². The van der Waals surface area contributed by atoms with Gasteiger partial charge in [0.1, 0.15) is 13.2 Å². The number of hydrogen-bond acceptors (Lipinski definition) is 6. The summed E-state index contributed by atoms with van der Waals surface area (Å²) < 4.78 is 16.8. The number of carbonyl (C=O) groups excluding carboxylic acids is 3. The average Bonchev–Trinajstić information content (AvgIpc) is 3.34. The maximum atomic E-state index is 12.8. The molecule has 0 heterocycles. The fourth-order valence-electron chi connectivity index (χ4n) is 7.84. The van der Waals surface area contributed by atoms with Gasteiger partial charge in [-0.25, -0.2) is 0 Å². The largest absolute Gasteiger partial charge is 0.462 e. The number of carbonyl (C=O) groups is 3. The molecular formula is C62H106O6. The van der Waals surface area contributed by atoms with Gasteiger partial charge >= 0.3 is 17.9 Å². The summed E-state index contributed by atoms with van der Waals surface area (Å²) >= 11 is 0. The number of hydrogen-bond donors (Lipinski definition) is 0. The van der Waals surface area contributed by atoms with Crippen LogP contribution in [-0.4, -0.2) is 37.2 Å². The van der Waals surface area contributed by atoms with Gasteiger partial charge in [0.05, 0.1) is 0 Å². The first-order valence-electron chi connectivity index (χ1n) is 28.6. The van der Waals surface area contributed by atoms with E-state index in [1.54, 1.807) is 0 Å². The van der Waals surface area contributed by atoms with E-state index in [-0.39, 0.29) is 31.1 Å². The Hall–Kier alpha value is -3.41. The number of ether oxygens (including phenoxy) is 3. The maximum Gasteiger partial charge on any atom is 0.306 e. The lowest BCUT2D eigenvalue weighted by atomic mass is 10.1. The summed E-state index contributed by atoms with van der Waals surface area (Å²) in [4.78, 5) is 38.1. The highest BCUT2D eigenvalue weighted by Crippen LogP contribution is 2.15. The lowest BCUT2D eigenvalue weighted by Crippen LogP contribution is -2.30. The van der Waals surface area contributed by atoms with Gasteiger partial charge in [0.25, 0.3) is 0 Å². The number of unbranched alkanes of at least 4 members (excludes halogenated alkanes) is 26. The van der Waals surface area contributed by atoms with Gasteiger partial charge < -0.3 is 14.2 Å². The zero-order valence-corrected chi connectivity index (χ0v) is 44.6. The van der Waals surface area contributed by atoms with Crippen molar-refractivity contribution in [3.8, 4) is 0 Å². The van der Waals surface area contributed by atoms with Crippen LogP contribution in [0.2, 0.25) is 0 Å². The summed E-state index contributed by atoms with van der Waals surface area (Å²) in [6.07, 6.45) is 72.9. The normalized spacial score (nSPS) is 12.7. The van der Waals surface area contributed by atoms with Gasteiger partial charge in [-0.3, -0.25) is 14.4 Å². The summed E-state index contributed by atoms with van der Waals surface area (Å²) in [5.74, 6) is -0.898. The van der Waals surface area contributed by atoms with E-state index >= 15 is 0 Å². The fourth-order valence-corrected chi connectivity index (χ4v) is 7.84. The minimum atomic E-state index is -0.784. The van der Waals surface area contributed by atoms with Crippen molar-refractivity contribution in [3.05, 3.63) is 85.1 Å². The van der Waals surface area contributed by atoms with E-state index in [0.717, 1.165) is 122 Å². The van der Waals surface area contributed by atoms with Crippen molar-refractivity contribution < 1.29 is 28.6 Å². The molecule has 0 aliphatic carbocycles. The molecule has 0 aromatic rings. The molecule has 0 N–H and O–H groups in total. The Morgan fingerprint density at radius 3 is 0.941 bits per heavy atom. The highest BCUT2D eigenvalue weighted by molar-refractivity contribution is 5.71. The van der Waals surface area contributed by atoms with E-state index in [9.17, 15) is 14.4 Å².